The van der Waals surface area contributed by atoms with Gasteiger partial charge in [0.05, 0.1) is 18.7 Å². The average Bonchev–Trinajstić information content (AvgIpc) is 3.35. The van der Waals surface area contributed by atoms with Crippen molar-refractivity contribution in [3.63, 3.8) is 0 Å². The molecule has 0 spiro atoms. The monoisotopic (exact) mass is 399 g/mol. The number of hydrogen-bond donors (Lipinski definition) is 2. The number of likely N-dealkylation sites (tertiary alicyclic amines) is 1. The number of ether oxygens (including phenoxy) is 1. The number of nitrogens with one attached hydrogen (secondary N) is 2. The number of benzene rings is 1. The molecular formula is C21H25N3O5. The third kappa shape index (κ3) is 5.16. The summed E-state index contributed by atoms with van der Waals surface area (Å²) in [6.45, 7) is 4.32. The van der Waals surface area contributed by atoms with Gasteiger partial charge in [-0.3, -0.25) is 25.2 Å². The van der Waals surface area contributed by atoms with Gasteiger partial charge in [0, 0.05) is 13.0 Å². The number of furan rings is 1. The summed E-state index contributed by atoms with van der Waals surface area (Å²) >= 11 is 0. The van der Waals surface area contributed by atoms with E-state index >= 15 is 0 Å². The Bertz CT molecular complexity index is 865. The van der Waals surface area contributed by atoms with Gasteiger partial charge in [0.15, 0.2) is 6.10 Å². The Kier molecular flexibility index (Phi) is 6.54. The van der Waals surface area contributed by atoms with Gasteiger partial charge in [0.25, 0.3) is 5.91 Å². The molecule has 2 heterocycles. The van der Waals surface area contributed by atoms with Gasteiger partial charge in [-0.25, -0.2) is 0 Å². The molecule has 0 radical (unpaired) electrons. The molecule has 2 N–H and O–H groups in total. The summed E-state index contributed by atoms with van der Waals surface area (Å²) in [5.74, 6) is -0.222. The molecule has 2 unspecified atom stereocenters. The number of aryl methyl sites for hydroxylation is 1. The number of hydrogen-bond acceptors (Lipinski definition) is 5. The van der Waals surface area contributed by atoms with Gasteiger partial charge in [-0.15, -0.1) is 0 Å². The van der Waals surface area contributed by atoms with Crippen molar-refractivity contribution in [2.75, 3.05) is 6.54 Å². The Balaban J connectivity index is 1.49. The van der Waals surface area contributed by atoms with Gasteiger partial charge in [-0.1, -0.05) is 25.1 Å². The van der Waals surface area contributed by atoms with E-state index in [0.29, 0.717) is 24.5 Å². The molecule has 8 heteroatoms. The van der Waals surface area contributed by atoms with E-state index in [1.165, 1.54) is 0 Å². The Morgan fingerprint density at radius 1 is 1.24 bits per heavy atom. The van der Waals surface area contributed by atoms with Gasteiger partial charge >= 0.3 is 0 Å². The van der Waals surface area contributed by atoms with Crippen molar-refractivity contribution in [1.29, 1.82) is 0 Å². The molecule has 3 amide bonds. The van der Waals surface area contributed by atoms with Gasteiger partial charge in [0.2, 0.25) is 11.8 Å². The highest BCUT2D eigenvalue weighted by molar-refractivity contribution is 5.91. The molecule has 154 valence electrons. The summed E-state index contributed by atoms with van der Waals surface area (Å²) in [4.78, 5) is 38.5. The largest absolute Gasteiger partial charge is 0.480 e. The maximum absolute atomic E-state index is 12.4. The van der Waals surface area contributed by atoms with Crippen molar-refractivity contribution in [1.82, 2.24) is 15.8 Å². The number of hydrazine groups is 1. The molecule has 1 aliphatic rings. The highest BCUT2D eigenvalue weighted by Gasteiger charge is 2.35. The van der Waals surface area contributed by atoms with Crippen LogP contribution in [0.5, 0.6) is 5.75 Å². The molecule has 1 aromatic heterocycles. The minimum atomic E-state index is -0.739. The van der Waals surface area contributed by atoms with Crippen molar-refractivity contribution in [2.45, 2.75) is 39.3 Å². The Morgan fingerprint density at radius 2 is 2.03 bits per heavy atom. The first-order chi connectivity index (χ1) is 14.0. The molecule has 8 nitrogen and oxygen atoms in total. The van der Waals surface area contributed by atoms with Gasteiger partial charge < -0.3 is 14.1 Å². The standard InChI is InChI=1S/C21H25N3O5/c1-3-17(29-18-9-5-4-7-14(18)2)21(27)23-22-20(26)15-11-19(25)24(12-15)13-16-8-6-10-28-16/h4-10,15,17H,3,11-13H2,1-2H3,(H,22,26)(H,23,27). The SMILES string of the molecule is CCC(Oc1ccccc1C)C(=O)NNC(=O)C1CC(=O)N(Cc2ccco2)C1. The van der Waals surface area contributed by atoms with E-state index in [2.05, 4.69) is 10.9 Å². The summed E-state index contributed by atoms with van der Waals surface area (Å²) in [6.07, 6.45) is 1.34. The quantitative estimate of drug-likeness (QED) is 0.693. The third-order valence-electron chi connectivity index (χ3n) is 4.85. The Morgan fingerprint density at radius 3 is 2.72 bits per heavy atom. The van der Waals surface area contributed by atoms with Crippen LogP contribution in [0.1, 0.15) is 31.1 Å². The molecule has 0 bridgehead atoms. The molecule has 2 atom stereocenters. The van der Waals surface area contributed by atoms with Crippen LogP contribution in [-0.2, 0) is 20.9 Å². The molecule has 1 aromatic carbocycles. The number of amides is 3. The van der Waals surface area contributed by atoms with Crippen LogP contribution in [0.2, 0.25) is 0 Å². The minimum Gasteiger partial charge on any atom is -0.480 e. The normalized spacial score (nSPS) is 17.1. The predicted molar refractivity (Wildman–Crippen MR) is 104 cm³/mol. The minimum absolute atomic E-state index is 0.0966. The lowest BCUT2D eigenvalue weighted by Gasteiger charge is -2.19. The van der Waals surface area contributed by atoms with Crippen molar-refractivity contribution in [3.8, 4) is 5.75 Å². The van der Waals surface area contributed by atoms with E-state index in [0.717, 1.165) is 5.56 Å². The lowest BCUT2D eigenvalue weighted by molar-refractivity contribution is -0.134. The van der Waals surface area contributed by atoms with Crippen LogP contribution < -0.4 is 15.6 Å². The van der Waals surface area contributed by atoms with Crippen molar-refractivity contribution < 1.29 is 23.5 Å². The summed E-state index contributed by atoms with van der Waals surface area (Å²) in [5, 5.41) is 0. The lowest BCUT2D eigenvalue weighted by Crippen LogP contribution is -2.50. The zero-order valence-electron chi connectivity index (χ0n) is 16.5. The fourth-order valence-corrected chi connectivity index (χ4v) is 3.16. The molecule has 3 rings (SSSR count). The number of nitrogens with zero attached hydrogens (tertiary/aromatic N) is 1. The molecule has 1 saturated heterocycles. The number of carbonyl (C=O) groups is 3. The fraction of sp³-hybridized carbons (Fsp3) is 0.381. The van der Waals surface area contributed by atoms with Crippen molar-refractivity contribution in [3.05, 3.63) is 54.0 Å². The first-order valence-electron chi connectivity index (χ1n) is 9.60. The van der Waals surface area contributed by atoms with E-state index < -0.39 is 23.8 Å². The molecule has 2 aromatic rings. The van der Waals surface area contributed by atoms with Crippen molar-refractivity contribution in [2.24, 2.45) is 5.92 Å². The van der Waals surface area contributed by atoms with E-state index in [1.807, 2.05) is 32.0 Å². The summed E-state index contributed by atoms with van der Waals surface area (Å²) in [5.41, 5.74) is 5.75. The van der Waals surface area contributed by atoms with E-state index in [1.54, 1.807) is 29.4 Å². The van der Waals surface area contributed by atoms with Crippen LogP contribution in [-0.4, -0.2) is 35.3 Å². The first-order valence-corrected chi connectivity index (χ1v) is 9.60. The highest BCUT2D eigenvalue weighted by atomic mass is 16.5. The number of rotatable bonds is 7. The summed E-state index contributed by atoms with van der Waals surface area (Å²) in [6, 6.07) is 10.9. The smallest absolute Gasteiger partial charge is 0.279 e. The van der Waals surface area contributed by atoms with Crippen LogP contribution in [0.4, 0.5) is 0 Å². The molecule has 1 aliphatic heterocycles. The highest BCUT2D eigenvalue weighted by Crippen LogP contribution is 2.21. The number of carbonyl (C=O) groups excluding carboxylic acids is 3. The second kappa shape index (κ2) is 9.27. The van der Waals surface area contributed by atoms with Crippen LogP contribution in [0.3, 0.4) is 0 Å². The van der Waals surface area contributed by atoms with E-state index in [-0.39, 0.29) is 18.9 Å². The predicted octanol–water partition coefficient (Wildman–Crippen LogP) is 1.94. The maximum atomic E-state index is 12.4. The first kappa shape index (κ1) is 20.4. The number of para-hydroxylation sites is 1. The summed E-state index contributed by atoms with van der Waals surface area (Å²) < 4.78 is 11.0. The Hall–Kier alpha value is -3.29. The average molecular weight is 399 g/mol. The van der Waals surface area contributed by atoms with Crippen LogP contribution in [0, 0.1) is 12.8 Å². The maximum Gasteiger partial charge on any atom is 0.279 e. The van der Waals surface area contributed by atoms with E-state index in [4.69, 9.17) is 9.15 Å². The Labute approximate surface area is 169 Å². The summed E-state index contributed by atoms with van der Waals surface area (Å²) in [7, 11) is 0. The fourth-order valence-electron chi connectivity index (χ4n) is 3.16. The van der Waals surface area contributed by atoms with Gasteiger partial charge in [-0.05, 0) is 37.1 Å². The molecule has 0 saturated carbocycles. The molecule has 0 aliphatic carbocycles. The topological polar surface area (TPSA) is 101 Å². The van der Waals surface area contributed by atoms with Crippen LogP contribution in [0.25, 0.3) is 0 Å². The second-order valence-electron chi connectivity index (χ2n) is 7.01. The zero-order chi connectivity index (χ0) is 20.8. The zero-order valence-corrected chi connectivity index (χ0v) is 16.5. The van der Waals surface area contributed by atoms with Crippen LogP contribution >= 0.6 is 0 Å². The third-order valence-corrected chi connectivity index (χ3v) is 4.85. The van der Waals surface area contributed by atoms with E-state index in [9.17, 15) is 14.4 Å². The van der Waals surface area contributed by atoms with Gasteiger partial charge in [-0.2, -0.15) is 0 Å². The van der Waals surface area contributed by atoms with Crippen LogP contribution in [0.15, 0.2) is 47.1 Å². The molecular weight excluding hydrogens is 374 g/mol. The molecule has 1 fully saturated rings. The molecule has 29 heavy (non-hydrogen) atoms. The van der Waals surface area contributed by atoms with Gasteiger partial charge in [0.1, 0.15) is 11.5 Å². The second-order valence-corrected chi connectivity index (χ2v) is 7.01. The van der Waals surface area contributed by atoms with Crippen molar-refractivity contribution >= 4 is 17.7 Å². The lowest BCUT2D eigenvalue weighted by atomic mass is 10.1.